The van der Waals surface area contributed by atoms with Crippen molar-refractivity contribution in [3.63, 3.8) is 0 Å². The van der Waals surface area contributed by atoms with E-state index in [0.717, 1.165) is 11.3 Å². The van der Waals surface area contributed by atoms with Crippen LogP contribution in [0.15, 0.2) is 18.7 Å². The zero-order valence-corrected chi connectivity index (χ0v) is 9.93. The normalized spacial score (nSPS) is 10.3. The number of hydrogen-bond acceptors (Lipinski definition) is 4. The monoisotopic (exact) mass is 231 g/mol. The van der Waals surface area contributed by atoms with E-state index < -0.39 is 0 Å². The average molecular weight is 231 g/mol. The molecule has 0 aliphatic carbocycles. The van der Waals surface area contributed by atoms with E-state index in [-0.39, 0.29) is 5.91 Å². The molecule has 2 heterocycles. The minimum atomic E-state index is -0.249. The Balaban J connectivity index is 2.23. The average Bonchev–Trinajstić information content (AvgIpc) is 2.68. The Morgan fingerprint density at radius 1 is 1.35 bits per heavy atom. The molecule has 0 radical (unpaired) electrons. The SMILES string of the molecule is Cc1ncnc(C(=O)Nc2cnn(C)c2)c1C. The van der Waals surface area contributed by atoms with Crippen LogP contribution < -0.4 is 5.32 Å². The van der Waals surface area contributed by atoms with Gasteiger partial charge in [-0.3, -0.25) is 9.48 Å². The van der Waals surface area contributed by atoms with Crippen molar-refractivity contribution in [2.24, 2.45) is 7.05 Å². The fourth-order valence-corrected chi connectivity index (χ4v) is 1.44. The summed E-state index contributed by atoms with van der Waals surface area (Å²) in [4.78, 5) is 20.0. The molecule has 0 bridgehead atoms. The van der Waals surface area contributed by atoms with Gasteiger partial charge < -0.3 is 5.32 Å². The van der Waals surface area contributed by atoms with Gasteiger partial charge in [0.1, 0.15) is 12.0 Å². The Bertz CT molecular complexity index is 561. The van der Waals surface area contributed by atoms with Crippen molar-refractivity contribution in [1.29, 1.82) is 0 Å². The molecule has 0 spiro atoms. The lowest BCUT2D eigenvalue weighted by molar-refractivity contribution is 0.102. The van der Waals surface area contributed by atoms with Gasteiger partial charge in [0, 0.05) is 24.5 Å². The first kappa shape index (κ1) is 11.3. The number of nitrogens with zero attached hydrogens (tertiary/aromatic N) is 4. The number of rotatable bonds is 2. The molecule has 1 amide bonds. The van der Waals surface area contributed by atoms with Crippen molar-refractivity contribution < 1.29 is 4.79 Å². The van der Waals surface area contributed by atoms with Gasteiger partial charge in [-0.1, -0.05) is 0 Å². The number of aryl methyl sites for hydroxylation is 2. The minimum absolute atomic E-state index is 0.249. The molecule has 6 nitrogen and oxygen atoms in total. The molecule has 0 saturated carbocycles. The predicted octanol–water partition coefficient (Wildman–Crippen LogP) is 1.08. The van der Waals surface area contributed by atoms with E-state index in [4.69, 9.17) is 0 Å². The third-order valence-corrected chi connectivity index (χ3v) is 2.51. The van der Waals surface area contributed by atoms with E-state index in [1.807, 2.05) is 13.8 Å². The van der Waals surface area contributed by atoms with Crippen molar-refractivity contribution >= 4 is 11.6 Å². The summed E-state index contributed by atoms with van der Waals surface area (Å²) in [6, 6.07) is 0. The van der Waals surface area contributed by atoms with E-state index in [1.165, 1.54) is 6.33 Å². The molecule has 88 valence electrons. The summed E-state index contributed by atoms with van der Waals surface area (Å²) >= 11 is 0. The smallest absolute Gasteiger partial charge is 0.274 e. The summed E-state index contributed by atoms with van der Waals surface area (Å²) in [5, 5.41) is 6.71. The molecule has 0 aromatic carbocycles. The molecule has 0 atom stereocenters. The van der Waals surface area contributed by atoms with E-state index >= 15 is 0 Å². The van der Waals surface area contributed by atoms with Gasteiger partial charge in [0.15, 0.2) is 0 Å². The number of anilines is 1. The second-order valence-corrected chi connectivity index (χ2v) is 3.79. The van der Waals surface area contributed by atoms with Gasteiger partial charge in [-0.15, -0.1) is 0 Å². The fourth-order valence-electron chi connectivity index (χ4n) is 1.44. The summed E-state index contributed by atoms with van der Waals surface area (Å²) in [6.45, 7) is 3.67. The van der Waals surface area contributed by atoms with Crippen molar-refractivity contribution in [2.75, 3.05) is 5.32 Å². The molecule has 1 N–H and O–H groups in total. The largest absolute Gasteiger partial charge is 0.318 e. The molecule has 2 aromatic rings. The van der Waals surface area contributed by atoms with Crippen LogP contribution in [-0.2, 0) is 7.05 Å². The third-order valence-electron chi connectivity index (χ3n) is 2.51. The highest BCUT2D eigenvalue weighted by atomic mass is 16.1. The first-order chi connectivity index (χ1) is 8.08. The predicted molar refractivity (Wildman–Crippen MR) is 62.7 cm³/mol. The Morgan fingerprint density at radius 2 is 2.12 bits per heavy atom. The van der Waals surface area contributed by atoms with Gasteiger partial charge in [-0.25, -0.2) is 9.97 Å². The Hall–Kier alpha value is -2.24. The summed E-state index contributed by atoms with van der Waals surface area (Å²) in [7, 11) is 1.79. The molecule has 0 saturated heterocycles. The molecular weight excluding hydrogens is 218 g/mol. The number of carbonyl (C=O) groups excluding carboxylic acids is 1. The number of hydrogen-bond donors (Lipinski definition) is 1. The molecule has 6 heteroatoms. The first-order valence-corrected chi connectivity index (χ1v) is 5.16. The van der Waals surface area contributed by atoms with E-state index in [2.05, 4.69) is 20.4 Å². The van der Waals surface area contributed by atoms with Crippen LogP contribution in [-0.4, -0.2) is 25.7 Å². The first-order valence-electron chi connectivity index (χ1n) is 5.16. The quantitative estimate of drug-likeness (QED) is 0.839. The Morgan fingerprint density at radius 3 is 2.76 bits per heavy atom. The maximum Gasteiger partial charge on any atom is 0.274 e. The summed E-state index contributed by atoms with van der Waals surface area (Å²) in [5.74, 6) is -0.249. The van der Waals surface area contributed by atoms with Gasteiger partial charge in [-0.2, -0.15) is 5.10 Å². The highest BCUT2D eigenvalue weighted by Crippen LogP contribution is 2.10. The van der Waals surface area contributed by atoms with Crippen LogP contribution in [0.4, 0.5) is 5.69 Å². The highest BCUT2D eigenvalue weighted by molar-refractivity contribution is 6.03. The van der Waals surface area contributed by atoms with E-state index in [9.17, 15) is 4.79 Å². The fraction of sp³-hybridized carbons (Fsp3) is 0.273. The summed E-state index contributed by atoms with van der Waals surface area (Å²) in [6.07, 6.45) is 4.70. The zero-order chi connectivity index (χ0) is 12.4. The van der Waals surface area contributed by atoms with Crippen molar-refractivity contribution in [3.8, 4) is 0 Å². The van der Waals surface area contributed by atoms with E-state index in [1.54, 1.807) is 24.1 Å². The molecule has 2 aromatic heterocycles. The van der Waals surface area contributed by atoms with Crippen LogP contribution in [0.25, 0.3) is 0 Å². The van der Waals surface area contributed by atoms with Crippen LogP contribution in [0, 0.1) is 13.8 Å². The van der Waals surface area contributed by atoms with Crippen LogP contribution in [0.2, 0.25) is 0 Å². The van der Waals surface area contributed by atoms with Crippen LogP contribution in [0.5, 0.6) is 0 Å². The van der Waals surface area contributed by atoms with Crippen LogP contribution >= 0.6 is 0 Å². The number of amides is 1. The third kappa shape index (κ3) is 2.30. The number of nitrogens with one attached hydrogen (secondary N) is 1. The van der Waals surface area contributed by atoms with Gasteiger partial charge >= 0.3 is 0 Å². The van der Waals surface area contributed by atoms with Gasteiger partial charge in [0.2, 0.25) is 0 Å². The number of carbonyl (C=O) groups is 1. The Labute approximate surface area is 98.7 Å². The maximum absolute atomic E-state index is 12.0. The second kappa shape index (κ2) is 4.32. The van der Waals surface area contributed by atoms with Gasteiger partial charge in [0.05, 0.1) is 11.9 Å². The Kier molecular flexibility index (Phi) is 2.86. The summed E-state index contributed by atoms with van der Waals surface area (Å²) < 4.78 is 1.62. The van der Waals surface area contributed by atoms with Gasteiger partial charge in [-0.05, 0) is 13.8 Å². The van der Waals surface area contributed by atoms with Gasteiger partial charge in [0.25, 0.3) is 5.91 Å². The van der Waals surface area contributed by atoms with Crippen molar-refractivity contribution in [1.82, 2.24) is 19.7 Å². The molecule has 17 heavy (non-hydrogen) atoms. The second-order valence-electron chi connectivity index (χ2n) is 3.79. The molecule has 0 unspecified atom stereocenters. The maximum atomic E-state index is 12.0. The molecular formula is C11H13N5O. The molecule has 0 aliphatic rings. The highest BCUT2D eigenvalue weighted by Gasteiger charge is 2.13. The van der Waals surface area contributed by atoms with Crippen molar-refractivity contribution in [2.45, 2.75) is 13.8 Å². The van der Waals surface area contributed by atoms with E-state index in [0.29, 0.717) is 11.4 Å². The number of aromatic nitrogens is 4. The van der Waals surface area contributed by atoms with Crippen LogP contribution in [0.3, 0.4) is 0 Å². The zero-order valence-electron chi connectivity index (χ0n) is 9.93. The molecule has 0 fully saturated rings. The lowest BCUT2D eigenvalue weighted by atomic mass is 10.2. The minimum Gasteiger partial charge on any atom is -0.318 e. The van der Waals surface area contributed by atoms with Crippen LogP contribution in [0.1, 0.15) is 21.7 Å². The lowest BCUT2D eigenvalue weighted by Crippen LogP contribution is -2.16. The topological polar surface area (TPSA) is 72.7 Å². The van der Waals surface area contributed by atoms with Crippen molar-refractivity contribution in [3.05, 3.63) is 35.7 Å². The summed E-state index contributed by atoms with van der Waals surface area (Å²) in [5.41, 5.74) is 2.62. The standard InChI is InChI=1S/C11H13N5O/c1-7-8(2)12-6-13-10(7)11(17)15-9-4-14-16(3)5-9/h4-6H,1-3H3,(H,15,17). The lowest BCUT2D eigenvalue weighted by Gasteiger charge is -2.05. The molecule has 2 rings (SSSR count). The molecule has 0 aliphatic heterocycles.